The molecule has 2 rings (SSSR count). The number of thioether (sulfide) groups is 1. The van der Waals surface area contributed by atoms with Gasteiger partial charge in [-0.2, -0.15) is 0 Å². The monoisotopic (exact) mass is 308 g/mol. The zero-order valence-electron chi connectivity index (χ0n) is 11.0. The third kappa shape index (κ3) is 3.72. The van der Waals surface area contributed by atoms with Gasteiger partial charge >= 0.3 is 11.7 Å². The van der Waals surface area contributed by atoms with Crippen LogP contribution in [-0.2, 0) is 9.59 Å². The molecule has 0 bridgehead atoms. The highest BCUT2D eigenvalue weighted by molar-refractivity contribution is 7.99. The van der Waals surface area contributed by atoms with Gasteiger partial charge in [-0.25, -0.2) is 14.5 Å². The number of nitrogens with zero attached hydrogens (tertiary/aromatic N) is 2. The average Bonchev–Trinajstić information content (AvgIpc) is 2.78. The van der Waals surface area contributed by atoms with Crippen molar-refractivity contribution in [1.29, 1.82) is 0 Å². The number of benzene rings is 1. The van der Waals surface area contributed by atoms with E-state index in [1.807, 2.05) is 0 Å². The Bertz CT molecular complexity index is 720. The first-order chi connectivity index (χ1) is 9.97. The van der Waals surface area contributed by atoms with Crippen LogP contribution in [0.15, 0.2) is 34.2 Å². The Morgan fingerprint density at radius 2 is 2.05 bits per heavy atom. The Hall–Kier alpha value is -2.55. The Morgan fingerprint density at radius 3 is 2.62 bits per heavy atom. The molecular weight excluding hydrogens is 296 g/mol. The zero-order chi connectivity index (χ0) is 15.4. The molecule has 0 radical (unpaired) electrons. The van der Waals surface area contributed by atoms with E-state index in [2.05, 4.69) is 15.5 Å². The summed E-state index contributed by atoms with van der Waals surface area (Å²) in [7, 11) is 0. The molecule has 110 valence electrons. The predicted molar refractivity (Wildman–Crippen MR) is 76.8 cm³/mol. The molecule has 0 saturated heterocycles. The maximum absolute atomic E-state index is 11.8. The van der Waals surface area contributed by atoms with Crippen molar-refractivity contribution in [3.63, 3.8) is 0 Å². The maximum atomic E-state index is 11.8. The number of aromatic amines is 1. The summed E-state index contributed by atoms with van der Waals surface area (Å²) in [5.74, 6) is -1.39. The third-order valence-corrected chi connectivity index (χ3v) is 3.34. The lowest BCUT2D eigenvalue weighted by atomic mass is 10.3. The van der Waals surface area contributed by atoms with Gasteiger partial charge in [0, 0.05) is 12.6 Å². The fraction of sp³-hybridized carbons (Fsp3) is 0.167. The van der Waals surface area contributed by atoms with E-state index in [9.17, 15) is 14.4 Å². The van der Waals surface area contributed by atoms with E-state index in [0.29, 0.717) is 11.4 Å². The van der Waals surface area contributed by atoms with Crippen LogP contribution in [0.3, 0.4) is 0 Å². The van der Waals surface area contributed by atoms with E-state index in [-0.39, 0.29) is 16.8 Å². The molecule has 0 aliphatic carbocycles. The quantitative estimate of drug-likeness (QED) is 0.700. The molecule has 1 amide bonds. The number of carbonyl (C=O) groups excluding carboxylic acids is 1. The SMILES string of the molecule is CC(=O)Nc1ccc(-n2c(SCC(=O)O)n[nH]c2=O)cc1. The summed E-state index contributed by atoms with van der Waals surface area (Å²) in [6.07, 6.45) is 0. The molecule has 0 fully saturated rings. The number of amides is 1. The van der Waals surface area contributed by atoms with Gasteiger partial charge in [0.1, 0.15) is 0 Å². The van der Waals surface area contributed by atoms with Gasteiger partial charge in [-0.05, 0) is 24.3 Å². The summed E-state index contributed by atoms with van der Waals surface area (Å²) in [6, 6.07) is 6.55. The number of carboxylic acids is 1. The highest BCUT2D eigenvalue weighted by Gasteiger charge is 2.12. The first kappa shape index (κ1) is 14.9. The van der Waals surface area contributed by atoms with Gasteiger partial charge in [0.25, 0.3) is 0 Å². The predicted octanol–water partition coefficient (Wildman–Crippen LogP) is 0.696. The van der Waals surface area contributed by atoms with Crippen molar-refractivity contribution in [2.75, 3.05) is 11.1 Å². The number of carbonyl (C=O) groups is 2. The van der Waals surface area contributed by atoms with Gasteiger partial charge in [0.05, 0.1) is 11.4 Å². The fourth-order valence-electron chi connectivity index (χ4n) is 1.63. The normalized spacial score (nSPS) is 10.3. The van der Waals surface area contributed by atoms with Crippen molar-refractivity contribution < 1.29 is 14.7 Å². The Morgan fingerprint density at radius 1 is 1.38 bits per heavy atom. The van der Waals surface area contributed by atoms with Crippen molar-refractivity contribution in [2.45, 2.75) is 12.1 Å². The first-order valence-corrected chi connectivity index (χ1v) is 6.86. The number of hydrogen-bond donors (Lipinski definition) is 3. The van der Waals surface area contributed by atoms with E-state index in [1.54, 1.807) is 24.3 Å². The van der Waals surface area contributed by atoms with E-state index in [1.165, 1.54) is 11.5 Å². The number of H-pyrrole nitrogens is 1. The van der Waals surface area contributed by atoms with E-state index in [4.69, 9.17) is 5.11 Å². The second-order valence-electron chi connectivity index (χ2n) is 4.06. The second kappa shape index (κ2) is 6.27. The highest BCUT2D eigenvalue weighted by Crippen LogP contribution is 2.18. The Kier molecular flexibility index (Phi) is 4.43. The number of nitrogens with one attached hydrogen (secondary N) is 2. The molecule has 21 heavy (non-hydrogen) atoms. The second-order valence-corrected chi connectivity index (χ2v) is 5.00. The van der Waals surface area contributed by atoms with Crippen LogP contribution < -0.4 is 11.0 Å². The van der Waals surface area contributed by atoms with Crippen molar-refractivity contribution in [2.24, 2.45) is 0 Å². The molecule has 1 aromatic heterocycles. The summed E-state index contributed by atoms with van der Waals surface area (Å²) >= 11 is 0.937. The molecule has 0 aliphatic rings. The highest BCUT2D eigenvalue weighted by atomic mass is 32.2. The van der Waals surface area contributed by atoms with Gasteiger partial charge in [-0.3, -0.25) is 9.59 Å². The molecular formula is C12H12N4O4S. The number of hydrogen-bond acceptors (Lipinski definition) is 5. The molecule has 1 heterocycles. The smallest absolute Gasteiger partial charge is 0.348 e. The van der Waals surface area contributed by atoms with Gasteiger partial charge < -0.3 is 10.4 Å². The third-order valence-electron chi connectivity index (χ3n) is 2.41. The zero-order valence-corrected chi connectivity index (χ0v) is 11.8. The Labute approximate surface area is 123 Å². The maximum Gasteiger partial charge on any atom is 0.348 e. The van der Waals surface area contributed by atoms with Crippen LogP contribution >= 0.6 is 11.8 Å². The van der Waals surface area contributed by atoms with Gasteiger partial charge in [0.2, 0.25) is 5.91 Å². The van der Waals surface area contributed by atoms with Crippen LogP contribution in [0.2, 0.25) is 0 Å². The van der Waals surface area contributed by atoms with Crippen LogP contribution in [0.4, 0.5) is 5.69 Å². The minimum absolute atomic E-state index is 0.194. The number of carboxylic acid groups (broad SMARTS) is 1. The summed E-state index contributed by atoms with van der Waals surface area (Å²) < 4.78 is 1.27. The lowest BCUT2D eigenvalue weighted by Crippen LogP contribution is -2.16. The van der Waals surface area contributed by atoms with E-state index in [0.717, 1.165) is 11.8 Å². The Balaban J connectivity index is 2.28. The van der Waals surface area contributed by atoms with E-state index >= 15 is 0 Å². The summed E-state index contributed by atoms with van der Waals surface area (Å²) in [4.78, 5) is 33.3. The fourth-order valence-corrected chi connectivity index (χ4v) is 2.31. The van der Waals surface area contributed by atoms with Crippen LogP contribution in [0.5, 0.6) is 0 Å². The average molecular weight is 308 g/mol. The molecule has 0 unspecified atom stereocenters. The lowest BCUT2D eigenvalue weighted by molar-refractivity contribution is -0.133. The van der Waals surface area contributed by atoms with Crippen molar-refractivity contribution >= 4 is 29.3 Å². The van der Waals surface area contributed by atoms with Crippen LogP contribution in [-0.4, -0.2) is 37.5 Å². The number of aliphatic carboxylic acids is 1. The summed E-state index contributed by atoms with van der Waals surface area (Å²) in [5.41, 5.74) is 0.661. The first-order valence-electron chi connectivity index (χ1n) is 5.87. The molecule has 8 nitrogen and oxygen atoms in total. The molecule has 0 aliphatic heterocycles. The van der Waals surface area contributed by atoms with E-state index < -0.39 is 11.7 Å². The minimum atomic E-state index is -0.997. The molecule has 0 spiro atoms. The minimum Gasteiger partial charge on any atom is -0.481 e. The molecule has 0 saturated carbocycles. The summed E-state index contributed by atoms with van der Waals surface area (Å²) in [5, 5.41) is 17.6. The topological polar surface area (TPSA) is 117 Å². The van der Waals surface area contributed by atoms with Gasteiger partial charge in [0.15, 0.2) is 5.16 Å². The van der Waals surface area contributed by atoms with Crippen molar-refractivity contribution in [3.05, 3.63) is 34.7 Å². The summed E-state index contributed by atoms with van der Waals surface area (Å²) in [6.45, 7) is 1.40. The number of anilines is 1. The number of rotatable bonds is 5. The van der Waals surface area contributed by atoms with Crippen molar-refractivity contribution in [3.8, 4) is 5.69 Å². The molecule has 2 aromatic rings. The molecule has 1 aromatic carbocycles. The van der Waals surface area contributed by atoms with Crippen LogP contribution in [0, 0.1) is 0 Å². The van der Waals surface area contributed by atoms with Crippen LogP contribution in [0.1, 0.15) is 6.92 Å². The van der Waals surface area contributed by atoms with Gasteiger partial charge in [-0.1, -0.05) is 11.8 Å². The lowest BCUT2D eigenvalue weighted by Gasteiger charge is -2.06. The standard InChI is InChI=1S/C12H12N4O4S/c1-7(17)13-8-2-4-9(5-3-8)16-11(20)14-15-12(16)21-6-10(18)19/h2-5H,6H2,1H3,(H,13,17)(H,14,20)(H,18,19). The molecule has 3 N–H and O–H groups in total. The molecule has 9 heteroatoms. The number of aromatic nitrogens is 3. The van der Waals surface area contributed by atoms with Crippen molar-refractivity contribution in [1.82, 2.24) is 14.8 Å². The largest absolute Gasteiger partial charge is 0.481 e. The van der Waals surface area contributed by atoms with Gasteiger partial charge in [-0.15, -0.1) is 5.10 Å². The molecule has 0 atom stereocenters. The van der Waals surface area contributed by atoms with Crippen LogP contribution in [0.25, 0.3) is 5.69 Å².